The normalized spacial score (nSPS) is 26.8. The van der Waals surface area contributed by atoms with Crippen molar-refractivity contribution in [2.24, 2.45) is 0 Å². The minimum Gasteiger partial charge on any atom is -0.504 e. The highest BCUT2D eigenvalue weighted by Crippen LogP contribution is 2.40. The van der Waals surface area contributed by atoms with E-state index in [1.165, 1.54) is 7.11 Å². The van der Waals surface area contributed by atoms with Gasteiger partial charge in [0.05, 0.1) is 45.2 Å². The van der Waals surface area contributed by atoms with E-state index in [1.807, 2.05) is 12.1 Å². The first kappa shape index (κ1) is 16.4. The zero-order valence-corrected chi connectivity index (χ0v) is 14.2. The molecular formula is C17H25NO5. The largest absolute Gasteiger partial charge is 0.504 e. The summed E-state index contributed by atoms with van der Waals surface area (Å²) in [6, 6.07) is 3.92. The van der Waals surface area contributed by atoms with Crippen molar-refractivity contribution in [3.05, 3.63) is 17.7 Å². The third-order valence-electron chi connectivity index (χ3n) is 4.50. The van der Waals surface area contributed by atoms with Crippen LogP contribution < -0.4 is 9.47 Å². The van der Waals surface area contributed by atoms with E-state index in [0.29, 0.717) is 31.3 Å². The van der Waals surface area contributed by atoms with Crippen LogP contribution in [0.4, 0.5) is 0 Å². The molecule has 3 rings (SSSR count). The molecule has 2 saturated heterocycles. The summed E-state index contributed by atoms with van der Waals surface area (Å²) in [6.45, 7) is 6.86. The van der Waals surface area contributed by atoms with Crippen molar-refractivity contribution >= 4 is 0 Å². The molecule has 0 spiro atoms. The van der Waals surface area contributed by atoms with Gasteiger partial charge in [-0.3, -0.25) is 4.90 Å². The molecule has 2 heterocycles. The van der Waals surface area contributed by atoms with E-state index in [0.717, 1.165) is 12.1 Å². The summed E-state index contributed by atoms with van der Waals surface area (Å²) >= 11 is 0. The average molecular weight is 323 g/mol. The number of phenols is 1. The summed E-state index contributed by atoms with van der Waals surface area (Å²) in [4.78, 5) is 2.32. The third kappa shape index (κ3) is 3.11. The Morgan fingerprint density at radius 2 is 2.04 bits per heavy atom. The monoisotopic (exact) mass is 323 g/mol. The van der Waals surface area contributed by atoms with Gasteiger partial charge in [-0.2, -0.15) is 0 Å². The Morgan fingerprint density at radius 3 is 2.74 bits per heavy atom. The Hall–Kier alpha value is -1.50. The van der Waals surface area contributed by atoms with Crippen LogP contribution in [0.3, 0.4) is 0 Å². The molecule has 1 N–H and O–H groups in total. The van der Waals surface area contributed by atoms with Gasteiger partial charge in [0.15, 0.2) is 11.5 Å². The SMILES string of the molecule is COc1ccc(CN2CC(C)(C)O[C@@H]3COC[C@H]32)c(O)c1OC. The van der Waals surface area contributed by atoms with Crippen LogP contribution in [-0.4, -0.2) is 61.7 Å². The standard InChI is InChI=1S/C17H25NO5/c1-17(2)10-18(12-8-22-9-14(12)23-17)7-11-5-6-13(20-3)16(21-4)15(11)19/h5-6,12,14,19H,7-10H2,1-4H3/t12-,14-/m1/s1. The van der Waals surface area contributed by atoms with Crippen LogP contribution in [0.25, 0.3) is 0 Å². The third-order valence-corrected chi connectivity index (χ3v) is 4.50. The van der Waals surface area contributed by atoms with Crippen LogP contribution in [0.2, 0.25) is 0 Å². The minimum absolute atomic E-state index is 0.0843. The molecule has 6 nitrogen and oxygen atoms in total. The number of benzene rings is 1. The van der Waals surface area contributed by atoms with E-state index < -0.39 is 0 Å². The predicted octanol–water partition coefficient (Wildman–Crippen LogP) is 1.79. The first-order valence-corrected chi connectivity index (χ1v) is 7.87. The topological polar surface area (TPSA) is 60.4 Å². The van der Waals surface area contributed by atoms with Crippen LogP contribution in [0.15, 0.2) is 12.1 Å². The molecular weight excluding hydrogens is 298 g/mol. The van der Waals surface area contributed by atoms with Gasteiger partial charge in [0.1, 0.15) is 0 Å². The summed E-state index contributed by atoms with van der Waals surface area (Å²) in [7, 11) is 3.09. The lowest BCUT2D eigenvalue weighted by atomic mass is 9.99. The number of hydrogen-bond acceptors (Lipinski definition) is 6. The number of phenolic OH excluding ortho intramolecular Hbond substituents is 1. The average Bonchev–Trinajstić information content (AvgIpc) is 2.95. The van der Waals surface area contributed by atoms with Crippen molar-refractivity contribution in [3.8, 4) is 17.2 Å². The highest BCUT2D eigenvalue weighted by atomic mass is 16.6. The second-order valence-corrected chi connectivity index (χ2v) is 6.73. The maximum Gasteiger partial charge on any atom is 0.203 e. The van der Waals surface area contributed by atoms with Crippen molar-refractivity contribution < 1.29 is 24.1 Å². The zero-order chi connectivity index (χ0) is 16.6. The molecule has 2 aliphatic rings. The van der Waals surface area contributed by atoms with Gasteiger partial charge in [-0.25, -0.2) is 0 Å². The molecule has 2 atom stereocenters. The van der Waals surface area contributed by atoms with E-state index in [1.54, 1.807) is 7.11 Å². The summed E-state index contributed by atoms with van der Waals surface area (Å²) in [5.74, 6) is 1.03. The van der Waals surface area contributed by atoms with Gasteiger partial charge >= 0.3 is 0 Å². The Bertz CT molecular complexity index is 574. The molecule has 0 radical (unpaired) electrons. The molecule has 2 aliphatic heterocycles. The first-order chi connectivity index (χ1) is 10.9. The van der Waals surface area contributed by atoms with Crippen molar-refractivity contribution in [1.82, 2.24) is 4.90 Å². The molecule has 128 valence electrons. The predicted molar refractivity (Wildman–Crippen MR) is 85.2 cm³/mol. The number of hydrogen-bond donors (Lipinski definition) is 1. The number of rotatable bonds is 4. The molecule has 1 aromatic rings. The summed E-state index contributed by atoms with van der Waals surface area (Å²) in [5.41, 5.74) is 0.576. The van der Waals surface area contributed by atoms with Crippen molar-refractivity contribution in [1.29, 1.82) is 0 Å². The molecule has 0 aromatic heterocycles. The molecule has 6 heteroatoms. The summed E-state index contributed by atoms with van der Waals surface area (Å²) in [6.07, 6.45) is 0.0843. The second kappa shape index (κ2) is 6.19. The highest BCUT2D eigenvalue weighted by molar-refractivity contribution is 5.54. The fourth-order valence-electron chi connectivity index (χ4n) is 3.50. The van der Waals surface area contributed by atoms with Crippen LogP contribution >= 0.6 is 0 Å². The molecule has 1 aromatic carbocycles. The van der Waals surface area contributed by atoms with Crippen molar-refractivity contribution in [2.45, 2.75) is 38.1 Å². The van der Waals surface area contributed by atoms with Gasteiger partial charge in [0.2, 0.25) is 5.75 Å². The van der Waals surface area contributed by atoms with Crippen molar-refractivity contribution in [3.63, 3.8) is 0 Å². The summed E-state index contributed by atoms with van der Waals surface area (Å²) < 4.78 is 22.2. The lowest BCUT2D eigenvalue weighted by Gasteiger charge is -2.45. The smallest absolute Gasteiger partial charge is 0.203 e. The van der Waals surface area contributed by atoms with E-state index >= 15 is 0 Å². The fraction of sp³-hybridized carbons (Fsp3) is 0.647. The van der Waals surface area contributed by atoms with E-state index in [4.69, 9.17) is 18.9 Å². The number of fused-ring (bicyclic) bond motifs is 1. The van der Waals surface area contributed by atoms with Crippen LogP contribution in [0.1, 0.15) is 19.4 Å². The van der Waals surface area contributed by atoms with Gasteiger partial charge in [-0.05, 0) is 19.9 Å². The zero-order valence-electron chi connectivity index (χ0n) is 14.2. The van der Waals surface area contributed by atoms with Gasteiger partial charge in [0, 0.05) is 18.7 Å². The van der Waals surface area contributed by atoms with Gasteiger partial charge in [-0.15, -0.1) is 0 Å². The molecule has 0 bridgehead atoms. The Labute approximate surface area is 136 Å². The van der Waals surface area contributed by atoms with Gasteiger partial charge in [-0.1, -0.05) is 6.07 Å². The maximum atomic E-state index is 10.5. The Kier molecular flexibility index (Phi) is 4.40. The number of morpholine rings is 1. The van der Waals surface area contributed by atoms with Crippen molar-refractivity contribution in [2.75, 3.05) is 34.0 Å². The molecule has 0 saturated carbocycles. The van der Waals surface area contributed by atoms with E-state index in [2.05, 4.69) is 18.7 Å². The Balaban J connectivity index is 1.86. The van der Waals surface area contributed by atoms with Crippen LogP contribution in [-0.2, 0) is 16.0 Å². The molecule has 0 unspecified atom stereocenters. The Morgan fingerprint density at radius 1 is 1.26 bits per heavy atom. The quantitative estimate of drug-likeness (QED) is 0.911. The lowest BCUT2D eigenvalue weighted by molar-refractivity contribution is -0.151. The molecule has 2 fully saturated rings. The minimum atomic E-state index is -0.235. The number of nitrogens with zero attached hydrogens (tertiary/aromatic N) is 1. The van der Waals surface area contributed by atoms with Gasteiger partial charge in [0.25, 0.3) is 0 Å². The number of ether oxygens (including phenoxy) is 4. The summed E-state index contributed by atoms with van der Waals surface area (Å²) in [5, 5.41) is 10.5. The molecule has 23 heavy (non-hydrogen) atoms. The number of aromatic hydroxyl groups is 1. The van der Waals surface area contributed by atoms with E-state index in [9.17, 15) is 5.11 Å². The van der Waals surface area contributed by atoms with Crippen LogP contribution in [0, 0.1) is 0 Å². The second-order valence-electron chi connectivity index (χ2n) is 6.73. The first-order valence-electron chi connectivity index (χ1n) is 7.87. The number of methoxy groups -OCH3 is 2. The maximum absolute atomic E-state index is 10.5. The van der Waals surface area contributed by atoms with Crippen LogP contribution in [0.5, 0.6) is 17.2 Å². The molecule has 0 amide bonds. The highest BCUT2D eigenvalue weighted by Gasteiger charge is 2.44. The fourth-order valence-corrected chi connectivity index (χ4v) is 3.50. The van der Waals surface area contributed by atoms with E-state index in [-0.39, 0.29) is 23.5 Å². The lowest BCUT2D eigenvalue weighted by Crippen LogP contribution is -2.57. The molecule has 0 aliphatic carbocycles. The van der Waals surface area contributed by atoms with Gasteiger partial charge < -0.3 is 24.1 Å².